The maximum atomic E-state index is 3.14. The van der Waals surface area contributed by atoms with E-state index >= 15 is 0 Å². The van der Waals surface area contributed by atoms with Crippen molar-refractivity contribution in [1.29, 1.82) is 0 Å². The first-order chi connectivity index (χ1) is 5.72. The first-order valence-electron chi connectivity index (χ1n) is 5.12. The lowest BCUT2D eigenvalue weighted by molar-refractivity contribution is 0.182. The molecule has 0 rings (SSSR count). The third-order valence-corrected chi connectivity index (χ3v) is 2.49. The average Bonchev–Trinajstić information content (AvgIpc) is 2.10. The van der Waals surface area contributed by atoms with Gasteiger partial charge in [-0.1, -0.05) is 32.6 Å². The molecule has 0 saturated heterocycles. The molecule has 0 aliphatic carbocycles. The summed E-state index contributed by atoms with van der Waals surface area (Å²) in [5, 5.41) is 2.17. The number of nitrogens with one attached hydrogen (secondary N) is 1. The van der Waals surface area contributed by atoms with Crippen LogP contribution in [0.3, 0.4) is 0 Å². The van der Waals surface area contributed by atoms with Crippen molar-refractivity contribution in [3.05, 3.63) is 0 Å². The largest absolute Gasteiger partial charge is 0.258 e. The highest BCUT2D eigenvalue weighted by Gasteiger charge is 2.05. The third-order valence-electron chi connectivity index (χ3n) is 2.49. The SMILES string of the molecule is CCCCCCC(C)N(C)NC. The Labute approximate surface area is 77.3 Å². The van der Waals surface area contributed by atoms with Gasteiger partial charge in [-0.15, -0.1) is 0 Å². The van der Waals surface area contributed by atoms with E-state index in [-0.39, 0.29) is 0 Å². The van der Waals surface area contributed by atoms with Crippen molar-refractivity contribution < 1.29 is 0 Å². The summed E-state index contributed by atoms with van der Waals surface area (Å²) in [6.07, 6.45) is 6.77. The highest BCUT2D eigenvalue weighted by atomic mass is 15.5. The summed E-state index contributed by atoms with van der Waals surface area (Å²) < 4.78 is 0. The van der Waals surface area contributed by atoms with Crippen molar-refractivity contribution in [3.63, 3.8) is 0 Å². The lowest BCUT2D eigenvalue weighted by atomic mass is 10.1. The van der Waals surface area contributed by atoms with Crippen molar-refractivity contribution in [3.8, 4) is 0 Å². The van der Waals surface area contributed by atoms with Gasteiger partial charge in [0.05, 0.1) is 0 Å². The Bertz CT molecular complexity index is 93.8. The quantitative estimate of drug-likeness (QED) is 0.468. The van der Waals surface area contributed by atoms with Gasteiger partial charge in [0.25, 0.3) is 0 Å². The molecular weight excluding hydrogens is 148 g/mol. The molecular formula is C10H24N2. The molecule has 0 radical (unpaired) electrons. The molecule has 0 amide bonds. The van der Waals surface area contributed by atoms with E-state index in [0.29, 0.717) is 6.04 Å². The van der Waals surface area contributed by atoms with Crippen LogP contribution in [-0.4, -0.2) is 25.1 Å². The van der Waals surface area contributed by atoms with E-state index in [2.05, 4.69) is 31.3 Å². The highest BCUT2D eigenvalue weighted by molar-refractivity contribution is 4.58. The van der Waals surface area contributed by atoms with Crippen LogP contribution in [0.5, 0.6) is 0 Å². The molecule has 0 aromatic carbocycles. The molecule has 1 N–H and O–H groups in total. The molecule has 0 aliphatic heterocycles. The molecule has 0 spiro atoms. The molecule has 0 saturated carbocycles. The predicted molar refractivity (Wildman–Crippen MR) is 55.0 cm³/mol. The van der Waals surface area contributed by atoms with Crippen LogP contribution in [0.25, 0.3) is 0 Å². The molecule has 0 bridgehead atoms. The highest BCUT2D eigenvalue weighted by Crippen LogP contribution is 2.07. The Morgan fingerprint density at radius 3 is 2.42 bits per heavy atom. The summed E-state index contributed by atoms with van der Waals surface area (Å²) in [5.74, 6) is 0. The maximum absolute atomic E-state index is 3.14. The van der Waals surface area contributed by atoms with Crippen LogP contribution in [0, 0.1) is 0 Å². The van der Waals surface area contributed by atoms with Gasteiger partial charge in [-0.2, -0.15) is 0 Å². The Hall–Kier alpha value is -0.0800. The van der Waals surface area contributed by atoms with Gasteiger partial charge >= 0.3 is 0 Å². The van der Waals surface area contributed by atoms with Crippen LogP contribution in [0.1, 0.15) is 46.0 Å². The van der Waals surface area contributed by atoms with E-state index in [1.165, 1.54) is 32.1 Å². The van der Waals surface area contributed by atoms with Crippen LogP contribution >= 0.6 is 0 Å². The van der Waals surface area contributed by atoms with E-state index in [4.69, 9.17) is 0 Å². The van der Waals surface area contributed by atoms with E-state index in [9.17, 15) is 0 Å². The van der Waals surface area contributed by atoms with Gasteiger partial charge in [0.15, 0.2) is 0 Å². The van der Waals surface area contributed by atoms with Crippen LogP contribution in [0.4, 0.5) is 0 Å². The normalized spacial score (nSPS) is 13.8. The standard InChI is InChI=1S/C10H24N2/c1-5-6-7-8-9-10(2)12(4)11-3/h10-11H,5-9H2,1-4H3. The second-order valence-electron chi connectivity index (χ2n) is 3.53. The molecule has 0 heterocycles. The molecule has 1 atom stereocenters. The Kier molecular flexibility index (Phi) is 7.51. The first kappa shape index (κ1) is 11.9. The molecule has 74 valence electrons. The van der Waals surface area contributed by atoms with Gasteiger partial charge < -0.3 is 0 Å². The van der Waals surface area contributed by atoms with E-state index in [1.54, 1.807) is 0 Å². The monoisotopic (exact) mass is 172 g/mol. The van der Waals surface area contributed by atoms with Gasteiger partial charge in [-0.25, -0.2) is 5.01 Å². The number of hydrazine groups is 1. The van der Waals surface area contributed by atoms with Crippen molar-refractivity contribution in [2.24, 2.45) is 0 Å². The predicted octanol–water partition coefficient (Wildman–Crippen LogP) is 2.41. The minimum Gasteiger partial charge on any atom is -0.258 e. The minimum atomic E-state index is 0.659. The van der Waals surface area contributed by atoms with Crippen LogP contribution in [0.2, 0.25) is 0 Å². The van der Waals surface area contributed by atoms with Gasteiger partial charge in [0.2, 0.25) is 0 Å². The first-order valence-corrected chi connectivity index (χ1v) is 5.12. The zero-order valence-corrected chi connectivity index (χ0v) is 9.06. The van der Waals surface area contributed by atoms with Gasteiger partial charge in [0, 0.05) is 13.1 Å². The maximum Gasteiger partial charge on any atom is 0.0212 e. The second kappa shape index (κ2) is 7.56. The number of hydrogen-bond acceptors (Lipinski definition) is 2. The number of nitrogens with zero attached hydrogens (tertiary/aromatic N) is 1. The van der Waals surface area contributed by atoms with E-state index in [1.807, 2.05) is 7.05 Å². The molecule has 0 aromatic heterocycles. The van der Waals surface area contributed by atoms with Crippen molar-refractivity contribution in [2.75, 3.05) is 14.1 Å². The molecule has 0 aromatic rings. The van der Waals surface area contributed by atoms with Gasteiger partial charge in [-0.3, -0.25) is 5.43 Å². The zero-order valence-electron chi connectivity index (χ0n) is 9.06. The Balaban J connectivity index is 3.24. The molecule has 0 fully saturated rings. The topological polar surface area (TPSA) is 15.3 Å². The molecule has 12 heavy (non-hydrogen) atoms. The molecule has 1 unspecified atom stereocenters. The summed E-state index contributed by atoms with van der Waals surface area (Å²) in [6.45, 7) is 4.52. The zero-order chi connectivity index (χ0) is 9.40. The van der Waals surface area contributed by atoms with E-state index in [0.717, 1.165) is 0 Å². The Morgan fingerprint density at radius 1 is 1.25 bits per heavy atom. The molecule has 2 nitrogen and oxygen atoms in total. The van der Waals surface area contributed by atoms with Crippen LogP contribution in [-0.2, 0) is 0 Å². The van der Waals surface area contributed by atoms with Crippen LogP contribution in [0.15, 0.2) is 0 Å². The smallest absolute Gasteiger partial charge is 0.0212 e. The second-order valence-corrected chi connectivity index (χ2v) is 3.53. The van der Waals surface area contributed by atoms with Gasteiger partial charge in [-0.05, 0) is 20.4 Å². The lowest BCUT2D eigenvalue weighted by Gasteiger charge is -2.23. The summed E-state index contributed by atoms with van der Waals surface area (Å²) in [7, 11) is 4.08. The van der Waals surface area contributed by atoms with Crippen molar-refractivity contribution in [1.82, 2.24) is 10.4 Å². The van der Waals surface area contributed by atoms with Crippen LogP contribution < -0.4 is 5.43 Å². The summed E-state index contributed by atoms with van der Waals surface area (Å²) >= 11 is 0. The number of hydrogen-bond donors (Lipinski definition) is 1. The average molecular weight is 172 g/mol. The summed E-state index contributed by atoms with van der Waals surface area (Å²) in [6, 6.07) is 0.659. The fraction of sp³-hybridized carbons (Fsp3) is 1.00. The third kappa shape index (κ3) is 5.56. The van der Waals surface area contributed by atoms with E-state index < -0.39 is 0 Å². The molecule has 2 heteroatoms. The van der Waals surface area contributed by atoms with Crippen molar-refractivity contribution >= 4 is 0 Å². The summed E-state index contributed by atoms with van der Waals surface area (Å²) in [4.78, 5) is 0. The lowest BCUT2D eigenvalue weighted by Crippen LogP contribution is -2.38. The van der Waals surface area contributed by atoms with Crippen molar-refractivity contribution in [2.45, 2.75) is 52.0 Å². The summed E-state index contributed by atoms with van der Waals surface area (Å²) in [5.41, 5.74) is 3.14. The number of unbranched alkanes of at least 4 members (excludes halogenated alkanes) is 3. The number of rotatable bonds is 7. The minimum absolute atomic E-state index is 0.659. The fourth-order valence-corrected chi connectivity index (χ4v) is 1.28. The fourth-order valence-electron chi connectivity index (χ4n) is 1.28. The van der Waals surface area contributed by atoms with Gasteiger partial charge in [0.1, 0.15) is 0 Å². The molecule has 0 aliphatic rings. The Morgan fingerprint density at radius 2 is 1.92 bits per heavy atom.